The summed E-state index contributed by atoms with van der Waals surface area (Å²) in [6.07, 6.45) is 5.43. The largest absolute Gasteiger partial charge is 0.491 e. The monoisotopic (exact) mass is 263 g/mol. The van der Waals surface area contributed by atoms with Crippen molar-refractivity contribution >= 4 is 0 Å². The zero-order valence-electron chi connectivity index (χ0n) is 11.8. The molecule has 0 amide bonds. The van der Waals surface area contributed by atoms with Gasteiger partial charge < -0.3 is 15.2 Å². The van der Waals surface area contributed by atoms with Crippen molar-refractivity contribution in [1.82, 2.24) is 0 Å². The molecule has 106 valence electrons. The van der Waals surface area contributed by atoms with Gasteiger partial charge in [0.2, 0.25) is 0 Å². The van der Waals surface area contributed by atoms with Gasteiger partial charge in [0.1, 0.15) is 12.4 Å². The minimum Gasteiger partial charge on any atom is -0.491 e. The van der Waals surface area contributed by atoms with Crippen molar-refractivity contribution in [2.24, 2.45) is 11.7 Å². The third-order valence-electron chi connectivity index (χ3n) is 3.80. The van der Waals surface area contributed by atoms with Gasteiger partial charge in [0.25, 0.3) is 0 Å². The predicted octanol–water partition coefficient (Wildman–Crippen LogP) is 3.12. The highest BCUT2D eigenvalue weighted by atomic mass is 16.5. The van der Waals surface area contributed by atoms with Gasteiger partial charge in [-0.1, -0.05) is 19.1 Å². The van der Waals surface area contributed by atoms with Crippen LogP contribution in [0.5, 0.6) is 5.75 Å². The van der Waals surface area contributed by atoms with Gasteiger partial charge in [-0.05, 0) is 49.3 Å². The summed E-state index contributed by atoms with van der Waals surface area (Å²) in [4.78, 5) is 0. The second-order valence-corrected chi connectivity index (χ2v) is 5.45. The van der Waals surface area contributed by atoms with Crippen LogP contribution in [0, 0.1) is 5.92 Å². The number of ether oxygens (including phenoxy) is 2. The van der Waals surface area contributed by atoms with Gasteiger partial charge in [-0.3, -0.25) is 0 Å². The molecule has 0 unspecified atom stereocenters. The van der Waals surface area contributed by atoms with E-state index in [2.05, 4.69) is 6.92 Å². The van der Waals surface area contributed by atoms with Crippen molar-refractivity contribution in [1.29, 1.82) is 0 Å². The fraction of sp³-hybridized carbons (Fsp3) is 0.625. The lowest BCUT2D eigenvalue weighted by Crippen LogP contribution is -2.22. The van der Waals surface area contributed by atoms with E-state index in [9.17, 15) is 0 Å². The Kier molecular flexibility index (Phi) is 5.67. The molecule has 0 radical (unpaired) electrons. The number of hydrogen-bond donors (Lipinski definition) is 1. The molecule has 0 saturated heterocycles. The molecular formula is C16H25NO2. The molecule has 2 N–H and O–H groups in total. The summed E-state index contributed by atoms with van der Waals surface area (Å²) < 4.78 is 11.5. The van der Waals surface area contributed by atoms with Crippen molar-refractivity contribution in [3.63, 3.8) is 0 Å². The first-order valence-electron chi connectivity index (χ1n) is 7.31. The number of nitrogens with two attached hydrogens (primary N) is 1. The van der Waals surface area contributed by atoms with E-state index in [-0.39, 0.29) is 0 Å². The molecule has 0 aliphatic heterocycles. The summed E-state index contributed by atoms with van der Waals surface area (Å²) in [5, 5.41) is 0. The van der Waals surface area contributed by atoms with Gasteiger partial charge in [-0.15, -0.1) is 0 Å². The highest BCUT2D eigenvalue weighted by Gasteiger charge is 2.18. The van der Waals surface area contributed by atoms with Crippen LogP contribution in [0.4, 0.5) is 0 Å². The van der Waals surface area contributed by atoms with Crippen LogP contribution in [0.2, 0.25) is 0 Å². The molecule has 19 heavy (non-hydrogen) atoms. The van der Waals surface area contributed by atoms with Gasteiger partial charge in [0.15, 0.2) is 0 Å². The molecule has 3 nitrogen and oxygen atoms in total. The van der Waals surface area contributed by atoms with E-state index in [1.165, 1.54) is 25.7 Å². The molecule has 0 atom stereocenters. The van der Waals surface area contributed by atoms with Gasteiger partial charge >= 0.3 is 0 Å². The third-order valence-corrected chi connectivity index (χ3v) is 3.80. The molecule has 0 heterocycles. The number of rotatable bonds is 6. The van der Waals surface area contributed by atoms with Crippen molar-refractivity contribution in [3.05, 3.63) is 29.8 Å². The minimum atomic E-state index is 0.440. The van der Waals surface area contributed by atoms with E-state index in [0.29, 0.717) is 25.9 Å². The summed E-state index contributed by atoms with van der Waals surface area (Å²) in [7, 11) is 0. The summed E-state index contributed by atoms with van der Waals surface area (Å²) in [5.74, 6) is 1.75. The Balaban J connectivity index is 1.63. The second kappa shape index (κ2) is 7.51. The molecule has 0 spiro atoms. The maximum atomic E-state index is 5.86. The second-order valence-electron chi connectivity index (χ2n) is 5.45. The van der Waals surface area contributed by atoms with Gasteiger partial charge in [-0.2, -0.15) is 0 Å². The van der Waals surface area contributed by atoms with Crippen LogP contribution in [0.1, 0.15) is 38.2 Å². The van der Waals surface area contributed by atoms with Crippen LogP contribution in [-0.4, -0.2) is 19.3 Å². The van der Waals surface area contributed by atoms with E-state index in [0.717, 1.165) is 17.2 Å². The average Bonchev–Trinajstić information content (AvgIpc) is 2.46. The SMILES string of the molecule is CC1CCC(OCCOc2cccc(CN)c2)CC1. The standard InChI is InChI=1S/C16H25NO2/c1-13-5-7-15(8-6-13)18-9-10-19-16-4-2-3-14(11-16)12-17/h2-4,11,13,15H,5-10,12,17H2,1H3. The molecule has 1 aromatic carbocycles. The predicted molar refractivity (Wildman–Crippen MR) is 77.2 cm³/mol. The number of hydrogen-bond acceptors (Lipinski definition) is 3. The zero-order chi connectivity index (χ0) is 13.5. The van der Waals surface area contributed by atoms with Crippen LogP contribution >= 0.6 is 0 Å². The summed E-state index contributed by atoms with van der Waals surface area (Å²) >= 11 is 0. The van der Waals surface area contributed by atoms with Crippen molar-refractivity contribution in [2.45, 2.75) is 45.3 Å². The molecule has 2 rings (SSSR count). The summed E-state index contributed by atoms with van der Waals surface area (Å²) in [5.41, 5.74) is 6.70. The topological polar surface area (TPSA) is 44.5 Å². The first-order valence-corrected chi connectivity index (χ1v) is 7.31. The Morgan fingerprint density at radius 1 is 1.16 bits per heavy atom. The van der Waals surface area contributed by atoms with Gasteiger partial charge in [-0.25, -0.2) is 0 Å². The molecule has 1 aliphatic carbocycles. The summed E-state index contributed by atoms with van der Waals surface area (Å²) in [6.45, 7) is 4.16. The molecule has 3 heteroatoms. The van der Waals surface area contributed by atoms with Crippen LogP contribution < -0.4 is 10.5 Å². The Morgan fingerprint density at radius 3 is 2.68 bits per heavy atom. The lowest BCUT2D eigenvalue weighted by molar-refractivity contribution is 0.00570. The van der Waals surface area contributed by atoms with E-state index >= 15 is 0 Å². The maximum Gasteiger partial charge on any atom is 0.119 e. The maximum absolute atomic E-state index is 5.86. The molecule has 1 aliphatic rings. The van der Waals surface area contributed by atoms with E-state index in [4.69, 9.17) is 15.2 Å². The van der Waals surface area contributed by atoms with E-state index < -0.39 is 0 Å². The van der Waals surface area contributed by atoms with E-state index in [1.54, 1.807) is 0 Å². The van der Waals surface area contributed by atoms with Crippen LogP contribution in [-0.2, 0) is 11.3 Å². The lowest BCUT2D eigenvalue weighted by atomic mass is 9.89. The first-order chi connectivity index (χ1) is 9.28. The fourth-order valence-electron chi connectivity index (χ4n) is 2.53. The Bertz CT molecular complexity index is 373. The van der Waals surface area contributed by atoms with Crippen LogP contribution in [0.15, 0.2) is 24.3 Å². The Morgan fingerprint density at radius 2 is 1.95 bits per heavy atom. The zero-order valence-corrected chi connectivity index (χ0v) is 11.8. The average molecular weight is 263 g/mol. The normalized spacial score (nSPS) is 23.3. The lowest BCUT2D eigenvalue weighted by Gasteiger charge is -2.26. The van der Waals surface area contributed by atoms with Crippen molar-refractivity contribution in [3.8, 4) is 5.75 Å². The van der Waals surface area contributed by atoms with Crippen LogP contribution in [0.25, 0.3) is 0 Å². The molecular weight excluding hydrogens is 238 g/mol. The van der Waals surface area contributed by atoms with Crippen LogP contribution in [0.3, 0.4) is 0 Å². The molecule has 1 fully saturated rings. The first kappa shape index (κ1) is 14.4. The molecule has 1 aromatic rings. The smallest absolute Gasteiger partial charge is 0.119 e. The summed E-state index contributed by atoms with van der Waals surface area (Å²) in [6, 6.07) is 7.93. The van der Waals surface area contributed by atoms with E-state index in [1.807, 2.05) is 24.3 Å². The molecule has 0 aromatic heterocycles. The third kappa shape index (κ3) is 4.84. The fourth-order valence-corrected chi connectivity index (χ4v) is 2.53. The highest BCUT2D eigenvalue weighted by Crippen LogP contribution is 2.25. The Hall–Kier alpha value is -1.06. The van der Waals surface area contributed by atoms with Gasteiger partial charge in [0.05, 0.1) is 12.7 Å². The van der Waals surface area contributed by atoms with Crippen molar-refractivity contribution in [2.75, 3.05) is 13.2 Å². The molecule has 1 saturated carbocycles. The Labute approximate surface area is 116 Å². The quantitative estimate of drug-likeness (QED) is 0.802. The highest BCUT2D eigenvalue weighted by molar-refractivity contribution is 5.28. The van der Waals surface area contributed by atoms with Crippen molar-refractivity contribution < 1.29 is 9.47 Å². The molecule has 0 bridgehead atoms. The number of benzene rings is 1. The van der Waals surface area contributed by atoms with Gasteiger partial charge in [0, 0.05) is 6.54 Å². The minimum absolute atomic E-state index is 0.440.